The largest absolute Gasteiger partial charge is 0.493 e. The van der Waals surface area contributed by atoms with Crippen LogP contribution in [0.15, 0.2) is 16.6 Å². The summed E-state index contributed by atoms with van der Waals surface area (Å²) in [7, 11) is 0. The number of nitrogens with one attached hydrogen (secondary N) is 1. The molecule has 0 atom stereocenters. The molecule has 1 aliphatic heterocycles. The Labute approximate surface area is 127 Å². The van der Waals surface area contributed by atoms with Crippen LogP contribution in [-0.4, -0.2) is 22.7 Å². The van der Waals surface area contributed by atoms with Crippen LogP contribution >= 0.6 is 27.3 Å². The van der Waals surface area contributed by atoms with Crippen LogP contribution in [0.4, 0.5) is 5.13 Å². The molecule has 8 heteroatoms. The maximum absolute atomic E-state index is 11.9. The highest BCUT2D eigenvalue weighted by Gasteiger charge is 2.18. The normalized spacial score (nSPS) is 12.8. The second kappa shape index (κ2) is 5.37. The Hall–Kier alpha value is -1.67. The number of ether oxygens (including phenoxy) is 1. The van der Waals surface area contributed by atoms with Gasteiger partial charge >= 0.3 is 0 Å². The first-order valence-corrected chi connectivity index (χ1v) is 7.55. The van der Waals surface area contributed by atoms with Gasteiger partial charge in [0.05, 0.1) is 6.61 Å². The van der Waals surface area contributed by atoms with E-state index in [4.69, 9.17) is 10.5 Å². The number of rotatable bonds is 3. The molecular weight excluding hydrogens is 344 g/mol. The van der Waals surface area contributed by atoms with Gasteiger partial charge in [0.2, 0.25) is 10.1 Å². The van der Waals surface area contributed by atoms with Crippen LogP contribution in [0.5, 0.6) is 5.75 Å². The monoisotopic (exact) mass is 354 g/mol. The number of nitrogen functional groups attached to an aromatic ring is 1. The molecule has 104 valence electrons. The van der Waals surface area contributed by atoms with Crippen molar-refractivity contribution < 1.29 is 9.53 Å². The molecule has 0 unspecified atom stereocenters. The number of halogens is 1. The molecule has 1 aromatic heterocycles. The highest BCUT2D eigenvalue weighted by Crippen LogP contribution is 2.32. The Balaban J connectivity index is 1.74. The smallest absolute Gasteiger partial charge is 0.282 e. The number of fused-ring (bicyclic) bond motifs is 1. The molecule has 2 heterocycles. The summed E-state index contributed by atoms with van der Waals surface area (Å²) in [6, 6.07) is 3.98. The lowest BCUT2D eigenvalue weighted by molar-refractivity contribution is 0.0949. The van der Waals surface area contributed by atoms with Gasteiger partial charge in [-0.05, 0) is 17.7 Å². The zero-order valence-corrected chi connectivity index (χ0v) is 12.8. The van der Waals surface area contributed by atoms with Gasteiger partial charge in [0.1, 0.15) is 5.75 Å². The fourth-order valence-electron chi connectivity index (χ4n) is 2.05. The van der Waals surface area contributed by atoms with E-state index in [0.717, 1.165) is 39.1 Å². The first-order chi connectivity index (χ1) is 9.63. The fraction of sp³-hybridized carbons (Fsp3) is 0.250. The van der Waals surface area contributed by atoms with E-state index in [1.165, 1.54) is 0 Å². The van der Waals surface area contributed by atoms with E-state index in [2.05, 4.69) is 31.4 Å². The number of nitrogens with zero attached hydrogens (tertiary/aromatic N) is 2. The number of amides is 1. The maximum Gasteiger partial charge on any atom is 0.282 e. The summed E-state index contributed by atoms with van der Waals surface area (Å²) >= 11 is 4.53. The van der Waals surface area contributed by atoms with Gasteiger partial charge in [0.25, 0.3) is 5.91 Å². The Morgan fingerprint density at radius 1 is 1.50 bits per heavy atom. The van der Waals surface area contributed by atoms with E-state index in [1.54, 1.807) is 0 Å². The summed E-state index contributed by atoms with van der Waals surface area (Å²) in [6.07, 6.45) is 0.892. The molecular formula is C12H11BrN4O2S. The van der Waals surface area contributed by atoms with E-state index in [9.17, 15) is 4.79 Å². The zero-order valence-electron chi connectivity index (χ0n) is 10.4. The molecule has 0 aliphatic carbocycles. The van der Waals surface area contributed by atoms with Gasteiger partial charge in [-0.3, -0.25) is 4.79 Å². The van der Waals surface area contributed by atoms with Crippen molar-refractivity contribution in [3.63, 3.8) is 0 Å². The van der Waals surface area contributed by atoms with Crippen molar-refractivity contribution in [2.24, 2.45) is 0 Å². The lowest BCUT2D eigenvalue weighted by atomic mass is 10.1. The minimum atomic E-state index is -0.286. The Kier molecular flexibility index (Phi) is 3.58. The number of anilines is 1. The summed E-state index contributed by atoms with van der Waals surface area (Å²) in [5.41, 5.74) is 7.55. The molecule has 3 N–H and O–H groups in total. The van der Waals surface area contributed by atoms with Crippen molar-refractivity contribution in [1.29, 1.82) is 0 Å². The van der Waals surface area contributed by atoms with Crippen molar-refractivity contribution >= 4 is 38.3 Å². The third-order valence-corrected chi connectivity index (χ3v) is 4.11. The molecule has 0 radical (unpaired) electrons. The number of carbonyl (C=O) groups is 1. The molecule has 1 amide bonds. The molecule has 0 bridgehead atoms. The van der Waals surface area contributed by atoms with Crippen molar-refractivity contribution in [2.45, 2.75) is 13.0 Å². The van der Waals surface area contributed by atoms with Crippen LogP contribution in [0.3, 0.4) is 0 Å². The summed E-state index contributed by atoms with van der Waals surface area (Å²) in [5, 5.41) is 10.7. The lowest BCUT2D eigenvalue weighted by Gasteiger charge is -2.09. The van der Waals surface area contributed by atoms with Gasteiger partial charge in [-0.2, -0.15) is 0 Å². The number of hydrogen-bond acceptors (Lipinski definition) is 6. The summed E-state index contributed by atoms with van der Waals surface area (Å²) in [4.78, 5) is 11.9. The lowest BCUT2D eigenvalue weighted by Crippen LogP contribution is -2.23. The topological polar surface area (TPSA) is 90.1 Å². The third-order valence-electron chi connectivity index (χ3n) is 2.90. The second-order valence-corrected chi connectivity index (χ2v) is 6.20. The number of nitrogens with two attached hydrogens (primary N) is 1. The number of carbonyl (C=O) groups excluding carboxylic acids is 1. The van der Waals surface area contributed by atoms with Gasteiger partial charge in [0, 0.05) is 23.0 Å². The Morgan fingerprint density at radius 2 is 2.35 bits per heavy atom. The van der Waals surface area contributed by atoms with Crippen LogP contribution in [0.25, 0.3) is 0 Å². The summed E-state index contributed by atoms with van der Waals surface area (Å²) in [6.45, 7) is 1.06. The van der Waals surface area contributed by atoms with Crippen molar-refractivity contribution in [3.8, 4) is 5.75 Å². The van der Waals surface area contributed by atoms with E-state index in [1.807, 2.05) is 12.1 Å². The zero-order chi connectivity index (χ0) is 14.1. The first kappa shape index (κ1) is 13.3. The number of aromatic nitrogens is 2. The molecule has 1 aromatic carbocycles. The molecule has 0 spiro atoms. The van der Waals surface area contributed by atoms with E-state index in [0.29, 0.717) is 13.2 Å². The van der Waals surface area contributed by atoms with Gasteiger partial charge < -0.3 is 15.8 Å². The highest BCUT2D eigenvalue weighted by molar-refractivity contribution is 9.10. The highest BCUT2D eigenvalue weighted by atomic mass is 79.9. The minimum absolute atomic E-state index is 0.259. The van der Waals surface area contributed by atoms with E-state index < -0.39 is 0 Å². The molecule has 0 fully saturated rings. The van der Waals surface area contributed by atoms with Crippen LogP contribution in [0, 0.1) is 0 Å². The third kappa shape index (κ3) is 2.61. The minimum Gasteiger partial charge on any atom is -0.493 e. The van der Waals surface area contributed by atoms with Crippen LogP contribution in [0.2, 0.25) is 0 Å². The average Bonchev–Trinajstić information content (AvgIpc) is 3.03. The van der Waals surface area contributed by atoms with Crippen LogP contribution in [-0.2, 0) is 13.0 Å². The van der Waals surface area contributed by atoms with Crippen molar-refractivity contribution in [3.05, 3.63) is 32.7 Å². The van der Waals surface area contributed by atoms with Crippen molar-refractivity contribution in [1.82, 2.24) is 15.5 Å². The molecule has 6 nitrogen and oxygen atoms in total. The van der Waals surface area contributed by atoms with Gasteiger partial charge in [-0.1, -0.05) is 27.3 Å². The predicted molar refractivity (Wildman–Crippen MR) is 78.8 cm³/mol. The standard InChI is InChI=1S/C12H11BrN4O2S/c13-8-3-6-1-2-19-9(6)7(4-8)5-15-10(18)11-16-17-12(14)20-11/h3-4H,1-2,5H2,(H2,14,17)(H,15,18). The quantitative estimate of drug-likeness (QED) is 0.876. The van der Waals surface area contributed by atoms with Gasteiger partial charge in [0.15, 0.2) is 0 Å². The molecule has 0 saturated carbocycles. The molecule has 2 aromatic rings. The van der Waals surface area contributed by atoms with Crippen LogP contribution in [0.1, 0.15) is 20.9 Å². The molecule has 20 heavy (non-hydrogen) atoms. The van der Waals surface area contributed by atoms with E-state index in [-0.39, 0.29) is 16.0 Å². The Bertz CT molecular complexity index is 673. The number of benzene rings is 1. The Morgan fingerprint density at radius 3 is 3.10 bits per heavy atom. The summed E-state index contributed by atoms with van der Waals surface area (Å²) in [5.74, 6) is 0.580. The second-order valence-electron chi connectivity index (χ2n) is 4.28. The van der Waals surface area contributed by atoms with Gasteiger partial charge in [-0.25, -0.2) is 0 Å². The maximum atomic E-state index is 11.9. The predicted octanol–water partition coefficient (Wildman–Crippen LogP) is 1.75. The van der Waals surface area contributed by atoms with Crippen molar-refractivity contribution in [2.75, 3.05) is 12.3 Å². The molecule has 1 aliphatic rings. The fourth-order valence-corrected chi connectivity index (χ4v) is 3.13. The number of hydrogen-bond donors (Lipinski definition) is 2. The summed E-state index contributed by atoms with van der Waals surface area (Å²) < 4.78 is 6.59. The van der Waals surface area contributed by atoms with E-state index >= 15 is 0 Å². The SMILES string of the molecule is Nc1nnc(C(=O)NCc2cc(Br)cc3c2OCC3)s1. The average molecular weight is 355 g/mol. The molecule has 0 saturated heterocycles. The molecule has 3 rings (SSSR count). The first-order valence-electron chi connectivity index (χ1n) is 5.95. The van der Waals surface area contributed by atoms with Gasteiger partial charge in [-0.15, -0.1) is 10.2 Å². The van der Waals surface area contributed by atoms with Crippen LogP contribution < -0.4 is 15.8 Å².